The highest BCUT2D eigenvalue weighted by Gasteiger charge is 2.26. The zero-order valence-electron chi connectivity index (χ0n) is 18.2. The first-order valence-corrected chi connectivity index (χ1v) is 10.6. The summed E-state index contributed by atoms with van der Waals surface area (Å²) in [7, 11) is 0. The van der Waals surface area contributed by atoms with E-state index in [1.165, 1.54) is 17.7 Å². The highest BCUT2D eigenvalue weighted by molar-refractivity contribution is 5.94. The number of nitrogens with zero attached hydrogens (tertiary/aromatic N) is 3. The van der Waals surface area contributed by atoms with Crippen molar-refractivity contribution < 1.29 is 9.18 Å². The standard InChI is InChI=1S/C25H27FN4O/c1-16-14-17(2)24(18(3)15-16)27-25(31)20-10-12-30(13-11-20)23-9-8-22(28-29-23)19-4-6-21(26)7-5-19/h4-9,14-15,20H,10-13H2,1-3H3,(H,27,31). The van der Waals surface area contributed by atoms with Gasteiger partial charge in [-0.25, -0.2) is 4.39 Å². The Morgan fingerprint density at radius 1 is 0.968 bits per heavy atom. The van der Waals surface area contributed by atoms with Gasteiger partial charge in [0.05, 0.1) is 5.69 Å². The molecular weight excluding hydrogens is 391 g/mol. The van der Waals surface area contributed by atoms with Gasteiger partial charge in [-0.3, -0.25) is 4.79 Å². The summed E-state index contributed by atoms with van der Waals surface area (Å²) in [4.78, 5) is 15.0. The van der Waals surface area contributed by atoms with E-state index in [0.717, 1.165) is 54.1 Å². The van der Waals surface area contributed by atoms with Gasteiger partial charge < -0.3 is 10.2 Å². The summed E-state index contributed by atoms with van der Waals surface area (Å²) in [5, 5.41) is 11.8. The number of carbonyl (C=O) groups excluding carboxylic acids is 1. The molecule has 0 radical (unpaired) electrons. The van der Waals surface area contributed by atoms with Crippen molar-refractivity contribution >= 4 is 17.4 Å². The van der Waals surface area contributed by atoms with Gasteiger partial charge in [0, 0.05) is 30.3 Å². The second-order valence-corrected chi connectivity index (χ2v) is 8.31. The van der Waals surface area contributed by atoms with Crippen LogP contribution in [-0.2, 0) is 4.79 Å². The molecule has 2 heterocycles. The molecule has 1 aliphatic heterocycles. The van der Waals surface area contributed by atoms with Crippen molar-refractivity contribution in [2.24, 2.45) is 5.92 Å². The van der Waals surface area contributed by atoms with E-state index in [-0.39, 0.29) is 17.6 Å². The Morgan fingerprint density at radius 2 is 1.61 bits per heavy atom. The molecule has 0 bridgehead atoms. The maximum Gasteiger partial charge on any atom is 0.227 e. The minimum Gasteiger partial charge on any atom is -0.355 e. The van der Waals surface area contributed by atoms with E-state index in [2.05, 4.69) is 39.5 Å². The van der Waals surface area contributed by atoms with Crippen molar-refractivity contribution in [3.63, 3.8) is 0 Å². The van der Waals surface area contributed by atoms with Crippen LogP contribution in [-0.4, -0.2) is 29.2 Å². The van der Waals surface area contributed by atoms with E-state index in [4.69, 9.17) is 0 Å². The topological polar surface area (TPSA) is 58.1 Å². The first-order valence-electron chi connectivity index (χ1n) is 10.6. The average molecular weight is 419 g/mol. The summed E-state index contributed by atoms with van der Waals surface area (Å²) in [6, 6.07) is 14.3. The number of carbonyl (C=O) groups is 1. The van der Waals surface area contributed by atoms with Crippen LogP contribution in [0.2, 0.25) is 0 Å². The van der Waals surface area contributed by atoms with Crippen molar-refractivity contribution in [2.45, 2.75) is 33.6 Å². The number of halogens is 1. The zero-order chi connectivity index (χ0) is 22.0. The Kier molecular flexibility index (Phi) is 5.98. The fourth-order valence-corrected chi connectivity index (χ4v) is 4.24. The zero-order valence-corrected chi connectivity index (χ0v) is 18.2. The quantitative estimate of drug-likeness (QED) is 0.643. The third-order valence-corrected chi connectivity index (χ3v) is 5.91. The number of aryl methyl sites for hydroxylation is 3. The van der Waals surface area contributed by atoms with Crippen molar-refractivity contribution in [3.05, 3.63) is 71.0 Å². The van der Waals surface area contributed by atoms with Crippen LogP contribution in [0.15, 0.2) is 48.5 Å². The van der Waals surface area contributed by atoms with Gasteiger partial charge in [0.2, 0.25) is 5.91 Å². The molecule has 0 atom stereocenters. The van der Waals surface area contributed by atoms with Gasteiger partial charge in [-0.05, 0) is 81.1 Å². The lowest BCUT2D eigenvalue weighted by Gasteiger charge is -2.32. The fraction of sp³-hybridized carbons (Fsp3) is 0.320. The number of benzene rings is 2. The SMILES string of the molecule is Cc1cc(C)c(NC(=O)C2CCN(c3ccc(-c4ccc(F)cc4)nn3)CC2)c(C)c1. The normalized spacial score (nSPS) is 14.5. The summed E-state index contributed by atoms with van der Waals surface area (Å²) in [6.45, 7) is 7.65. The van der Waals surface area contributed by atoms with Crippen LogP contribution in [0.4, 0.5) is 15.9 Å². The molecule has 0 aliphatic carbocycles. The van der Waals surface area contributed by atoms with Crippen LogP contribution < -0.4 is 10.2 Å². The summed E-state index contributed by atoms with van der Waals surface area (Å²) in [5.41, 5.74) is 5.87. The molecule has 0 unspecified atom stereocenters. The lowest BCUT2D eigenvalue weighted by Crippen LogP contribution is -2.38. The Hall–Kier alpha value is -3.28. The molecule has 0 spiro atoms. The summed E-state index contributed by atoms with van der Waals surface area (Å²) in [6.07, 6.45) is 1.55. The number of rotatable bonds is 4. The molecule has 0 saturated carbocycles. The van der Waals surface area contributed by atoms with Gasteiger partial charge in [0.15, 0.2) is 5.82 Å². The summed E-state index contributed by atoms with van der Waals surface area (Å²) < 4.78 is 13.1. The van der Waals surface area contributed by atoms with Crippen LogP contribution in [0.25, 0.3) is 11.3 Å². The van der Waals surface area contributed by atoms with Crippen LogP contribution in [0.3, 0.4) is 0 Å². The molecule has 4 rings (SSSR count). The molecule has 1 N–H and O–H groups in total. The van der Waals surface area contributed by atoms with Gasteiger partial charge >= 0.3 is 0 Å². The van der Waals surface area contributed by atoms with E-state index >= 15 is 0 Å². The average Bonchev–Trinajstić information content (AvgIpc) is 2.77. The Labute approximate surface area is 182 Å². The predicted octanol–water partition coefficient (Wildman–Crippen LogP) is 5.06. The Morgan fingerprint density at radius 3 is 2.19 bits per heavy atom. The van der Waals surface area contributed by atoms with E-state index in [1.54, 1.807) is 12.1 Å². The number of nitrogens with one attached hydrogen (secondary N) is 1. The van der Waals surface area contributed by atoms with E-state index in [1.807, 2.05) is 26.0 Å². The minimum atomic E-state index is -0.270. The molecule has 1 amide bonds. The lowest BCUT2D eigenvalue weighted by molar-refractivity contribution is -0.120. The maximum absolute atomic E-state index is 13.1. The second-order valence-electron chi connectivity index (χ2n) is 8.31. The van der Waals surface area contributed by atoms with Crippen LogP contribution >= 0.6 is 0 Å². The molecule has 5 nitrogen and oxygen atoms in total. The molecular formula is C25H27FN4O. The van der Waals surface area contributed by atoms with Crippen LogP contribution in [0.5, 0.6) is 0 Å². The molecule has 1 fully saturated rings. The third-order valence-electron chi connectivity index (χ3n) is 5.91. The van der Waals surface area contributed by atoms with Crippen molar-refractivity contribution in [1.82, 2.24) is 10.2 Å². The first-order chi connectivity index (χ1) is 14.9. The number of hydrogen-bond acceptors (Lipinski definition) is 4. The number of amides is 1. The van der Waals surface area contributed by atoms with Gasteiger partial charge in [-0.1, -0.05) is 17.7 Å². The first kappa shape index (κ1) is 21.0. The van der Waals surface area contributed by atoms with Crippen LogP contribution in [0.1, 0.15) is 29.5 Å². The highest BCUT2D eigenvalue weighted by atomic mass is 19.1. The van der Waals surface area contributed by atoms with Crippen molar-refractivity contribution in [3.8, 4) is 11.3 Å². The number of anilines is 2. The van der Waals surface area contributed by atoms with E-state index in [0.29, 0.717) is 5.69 Å². The molecule has 2 aromatic carbocycles. The summed E-state index contributed by atoms with van der Waals surface area (Å²) in [5.74, 6) is 0.609. The maximum atomic E-state index is 13.1. The Bertz CT molecular complexity index is 1050. The molecule has 1 aromatic heterocycles. The highest BCUT2D eigenvalue weighted by Crippen LogP contribution is 2.27. The van der Waals surface area contributed by atoms with Gasteiger partial charge in [-0.2, -0.15) is 0 Å². The summed E-state index contributed by atoms with van der Waals surface area (Å²) >= 11 is 0. The largest absolute Gasteiger partial charge is 0.355 e. The van der Waals surface area contributed by atoms with Crippen molar-refractivity contribution in [1.29, 1.82) is 0 Å². The van der Waals surface area contributed by atoms with Crippen molar-refractivity contribution in [2.75, 3.05) is 23.3 Å². The molecule has 1 aliphatic rings. The van der Waals surface area contributed by atoms with Gasteiger partial charge in [-0.15, -0.1) is 10.2 Å². The molecule has 31 heavy (non-hydrogen) atoms. The molecule has 6 heteroatoms. The van der Waals surface area contributed by atoms with Gasteiger partial charge in [0.1, 0.15) is 5.82 Å². The van der Waals surface area contributed by atoms with Gasteiger partial charge in [0.25, 0.3) is 0 Å². The third kappa shape index (κ3) is 4.74. The van der Waals surface area contributed by atoms with E-state index < -0.39 is 0 Å². The van der Waals surface area contributed by atoms with Crippen LogP contribution in [0, 0.1) is 32.5 Å². The lowest BCUT2D eigenvalue weighted by atomic mass is 9.95. The fourth-order valence-electron chi connectivity index (χ4n) is 4.24. The Balaban J connectivity index is 1.36. The predicted molar refractivity (Wildman–Crippen MR) is 122 cm³/mol. The number of hydrogen-bond donors (Lipinski definition) is 1. The number of piperidine rings is 1. The number of aromatic nitrogens is 2. The second kappa shape index (κ2) is 8.84. The molecule has 1 saturated heterocycles. The smallest absolute Gasteiger partial charge is 0.227 e. The molecule has 160 valence electrons. The molecule has 3 aromatic rings. The monoisotopic (exact) mass is 418 g/mol. The minimum absolute atomic E-state index is 0.0113. The van der Waals surface area contributed by atoms with E-state index in [9.17, 15) is 9.18 Å².